The van der Waals surface area contributed by atoms with Gasteiger partial charge >= 0.3 is 6.03 Å². The minimum Gasteiger partial charge on any atom is -0.353 e. The third kappa shape index (κ3) is 4.73. The fourth-order valence-electron chi connectivity index (χ4n) is 3.61. The van der Waals surface area contributed by atoms with Crippen LogP contribution in [-0.4, -0.2) is 85.4 Å². The first-order valence-corrected chi connectivity index (χ1v) is 10.4. The van der Waals surface area contributed by atoms with Crippen molar-refractivity contribution in [3.8, 4) is 0 Å². The number of rotatable bonds is 3. The lowest BCUT2D eigenvalue weighted by Gasteiger charge is -2.35. The van der Waals surface area contributed by atoms with Crippen LogP contribution in [0.2, 0.25) is 5.02 Å². The molecular weight excluding hydrogens is 409 g/mol. The van der Waals surface area contributed by atoms with Gasteiger partial charge in [-0.1, -0.05) is 11.6 Å². The van der Waals surface area contributed by atoms with Gasteiger partial charge in [-0.3, -0.25) is 0 Å². The van der Waals surface area contributed by atoms with Crippen molar-refractivity contribution < 1.29 is 9.18 Å². The van der Waals surface area contributed by atoms with Gasteiger partial charge in [0.2, 0.25) is 0 Å². The first-order valence-electron chi connectivity index (χ1n) is 10.0. The Kier molecular flexibility index (Phi) is 6.19. The third-order valence-electron chi connectivity index (χ3n) is 5.53. The molecule has 0 spiro atoms. The molecule has 0 atom stereocenters. The van der Waals surface area contributed by atoms with E-state index in [4.69, 9.17) is 11.6 Å². The molecule has 2 aromatic rings. The second kappa shape index (κ2) is 9.01. The van der Waals surface area contributed by atoms with Crippen LogP contribution in [0.3, 0.4) is 0 Å². The van der Waals surface area contributed by atoms with Gasteiger partial charge in [0.25, 0.3) is 0 Å². The van der Waals surface area contributed by atoms with Gasteiger partial charge < -0.3 is 24.9 Å². The van der Waals surface area contributed by atoms with Crippen LogP contribution in [0.25, 0.3) is 0 Å². The summed E-state index contributed by atoms with van der Waals surface area (Å²) in [5, 5.41) is 11.6. The van der Waals surface area contributed by atoms with E-state index < -0.39 is 5.82 Å². The lowest BCUT2D eigenvalue weighted by Crippen LogP contribution is -2.50. The molecule has 10 heteroatoms. The number of piperazine rings is 2. The van der Waals surface area contributed by atoms with Gasteiger partial charge in [-0.15, -0.1) is 10.2 Å². The standard InChI is InChI=1S/C20H25ClFN7O/c1-26-6-8-27(9-7-26)18-4-5-19(25-24-18)28-10-12-29(13-11-28)20(30)23-15-2-3-17(22)16(21)14-15/h2-5,14H,6-13H2,1H3,(H,23,30). The zero-order valence-electron chi connectivity index (χ0n) is 16.9. The zero-order valence-corrected chi connectivity index (χ0v) is 17.6. The SMILES string of the molecule is CN1CCN(c2ccc(N3CCN(C(=O)Nc4ccc(F)c(Cl)c4)CC3)nn2)CC1. The number of nitrogens with zero attached hydrogens (tertiary/aromatic N) is 6. The molecule has 2 aliphatic heterocycles. The van der Waals surface area contributed by atoms with Crippen molar-refractivity contribution in [1.82, 2.24) is 20.0 Å². The van der Waals surface area contributed by atoms with E-state index >= 15 is 0 Å². The van der Waals surface area contributed by atoms with Crippen molar-refractivity contribution in [2.75, 3.05) is 74.5 Å². The number of hydrogen-bond donors (Lipinski definition) is 1. The predicted molar refractivity (Wildman–Crippen MR) is 116 cm³/mol. The molecule has 0 saturated carbocycles. The number of urea groups is 1. The van der Waals surface area contributed by atoms with Crippen LogP contribution in [0.4, 0.5) is 26.5 Å². The average molecular weight is 434 g/mol. The molecule has 0 unspecified atom stereocenters. The average Bonchev–Trinajstić information content (AvgIpc) is 2.77. The Morgan fingerprint density at radius 1 is 0.933 bits per heavy atom. The molecule has 160 valence electrons. The van der Waals surface area contributed by atoms with Crippen LogP contribution < -0.4 is 15.1 Å². The normalized spacial score (nSPS) is 17.9. The Morgan fingerprint density at radius 3 is 2.03 bits per heavy atom. The van der Waals surface area contributed by atoms with Crippen molar-refractivity contribution >= 4 is 35.0 Å². The van der Waals surface area contributed by atoms with Crippen LogP contribution in [0.15, 0.2) is 30.3 Å². The predicted octanol–water partition coefficient (Wildman–Crippen LogP) is 2.38. The topological polar surface area (TPSA) is 67.8 Å². The van der Waals surface area contributed by atoms with E-state index in [1.54, 1.807) is 4.90 Å². The van der Waals surface area contributed by atoms with Crippen LogP contribution in [0.5, 0.6) is 0 Å². The molecule has 2 aliphatic rings. The second-order valence-electron chi connectivity index (χ2n) is 7.57. The van der Waals surface area contributed by atoms with E-state index in [0.29, 0.717) is 31.9 Å². The smallest absolute Gasteiger partial charge is 0.321 e. The minimum atomic E-state index is -0.511. The number of halogens is 2. The maximum absolute atomic E-state index is 13.3. The summed E-state index contributed by atoms with van der Waals surface area (Å²) in [6, 6.07) is 7.92. The molecule has 0 radical (unpaired) electrons. The van der Waals surface area contributed by atoms with E-state index in [-0.39, 0.29) is 11.1 Å². The summed E-state index contributed by atoms with van der Waals surface area (Å²) in [5.74, 6) is 1.21. The van der Waals surface area contributed by atoms with E-state index in [1.165, 1.54) is 18.2 Å². The number of likely N-dealkylation sites (N-methyl/N-ethyl adjacent to an activating group) is 1. The molecule has 3 heterocycles. The molecule has 0 bridgehead atoms. The van der Waals surface area contributed by atoms with E-state index in [9.17, 15) is 9.18 Å². The zero-order chi connectivity index (χ0) is 21.1. The molecule has 4 rings (SSSR count). The van der Waals surface area contributed by atoms with Crippen molar-refractivity contribution in [3.05, 3.63) is 41.2 Å². The molecule has 1 aromatic carbocycles. The Balaban J connectivity index is 1.29. The summed E-state index contributed by atoms with van der Waals surface area (Å²) < 4.78 is 13.3. The number of hydrogen-bond acceptors (Lipinski definition) is 6. The third-order valence-corrected chi connectivity index (χ3v) is 5.82. The summed E-state index contributed by atoms with van der Waals surface area (Å²) in [6.07, 6.45) is 0. The monoisotopic (exact) mass is 433 g/mol. The van der Waals surface area contributed by atoms with E-state index in [1.807, 2.05) is 12.1 Å². The molecule has 2 amide bonds. The fourth-order valence-corrected chi connectivity index (χ4v) is 3.79. The molecular formula is C20H25ClFN7O. The van der Waals surface area contributed by atoms with Crippen LogP contribution >= 0.6 is 11.6 Å². The number of benzene rings is 1. The van der Waals surface area contributed by atoms with Crippen LogP contribution in [-0.2, 0) is 0 Å². The van der Waals surface area contributed by atoms with Crippen molar-refractivity contribution in [3.63, 3.8) is 0 Å². The number of nitrogens with one attached hydrogen (secondary N) is 1. The highest BCUT2D eigenvalue weighted by Crippen LogP contribution is 2.21. The maximum Gasteiger partial charge on any atom is 0.321 e. The molecule has 1 N–H and O–H groups in total. The minimum absolute atomic E-state index is 0.0174. The van der Waals surface area contributed by atoms with Crippen molar-refractivity contribution in [1.29, 1.82) is 0 Å². The number of aromatic nitrogens is 2. The Hall–Kier alpha value is -2.65. The summed E-state index contributed by atoms with van der Waals surface area (Å²) in [4.78, 5) is 20.9. The second-order valence-corrected chi connectivity index (χ2v) is 7.98. The quantitative estimate of drug-likeness (QED) is 0.801. The first-order chi connectivity index (χ1) is 14.5. The highest BCUT2D eigenvalue weighted by atomic mass is 35.5. The van der Waals surface area contributed by atoms with Gasteiger partial charge in [-0.2, -0.15) is 0 Å². The molecule has 0 aliphatic carbocycles. The molecule has 30 heavy (non-hydrogen) atoms. The summed E-state index contributed by atoms with van der Waals surface area (Å²) in [6.45, 7) is 6.41. The van der Waals surface area contributed by atoms with Crippen molar-refractivity contribution in [2.24, 2.45) is 0 Å². The van der Waals surface area contributed by atoms with E-state index in [2.05, 4.69) is 37.3 Å². The van der Waals surface area contributed by atoms with E-state index in [0.717, 1.165) is 37.8 Å². The van der Waals surface area contributed by atoms with Gasteiger partial charge in [0.1, 0.15) is 5.82 Å². The Bertz CT molecular complexity index is 881. The lowest BCUT2D eigenvalue weighted by molar-refractivity contribution is 0.208. The van der Waals surface area contributed by atoms with Crippen LogP contribution in [0, 0.1) is 5.82 Å². The fraction of sp³-hybridized carbons (Fsp3) is 0.450. The van der Waals surface area contributed by atoms with Gasteiger partial charge in [0.05, 0.1) is 5.02 Å². The summed E-state index contributed by atoms with van der Waals surface area (Å²) in [7, 11) is 2.13. The number of carbonyl (C=O) groups excluding carboxylic acids is 1. The van der Waals surface area contributed by atoms with Gasteiger partial charge in [0, 0.05) is 58.0 Å². The number of carbonyl (C=O) groups is 1. The largest absolute Gasteiger partial charge is 0.353 e. The molecule has 2 saturated heterocycles. The van der Waals surface area contributed by atoms with Gasteiger partial charge in [-0.05, 0) is 37.4 Å². The number of amides is 2. The molecule has 2 fully saturated rings. The van der Waals surface area contributed by atoms with Gasteiger partial charge in [-0.25, -0.2) is 9.18 Å². The maximum atomic E-state index is 13.3. The molecule has 8 nitrogen and oxygen atoms in total. The Morgan fingerprint density at radius 2 is 1.50 bits per heavy atom. The van der Waals surface area contributed by atoms with Crippen LogP contribution in [0.1, 0.15) is 0 Å². The van der Waals surface area contributed by atoms with Gasteiger partial charge in [0.15, 0.2) is 11.6 Å². The molecule has 1 aromatic heterocycles. The lowest BCUT2D eigenvalue weighted by atomic mass is 10.3. The number of anilines is 3. The highest BCUT2D eigenvalue weighted by Gasteiger charge is 2.23. The summed E-state index contributed by atoms with van der Waals surface area (Å²) >= 11 is 5.77. The highest BCUT2D eigenvalue weighted by molar-refractivity contribution is 6.31. The van der Waals surface area contributed by atoms with Crippen molar-refractivity contribution in [2.45, 2.75) is 0 Å². The first kappa shape index (κ1) is 20.6. The summed E-state index contributed by atoms with van der Waals surface area (Å²) in [5.41, 5.74) is 0.471. The Labute approximate surface area is 180 Å².